The Labute approximate surface area is 76.8 Å². The standard InChI is InChI=1S/C10H12N2O/c1-3-7-6-11-8-4-5-9(13-2)12-10(7)8/h4-6,11H,3H2,1-2H3. The fourth-order valence-corrected chi connectivity index (χ4v) is 1.42. The van der Waals surface area contributed by atoms with Gasteiger partial charge in [0.2, 0.25) is 5.88 Å². The van der Waals surface area contributed by atoms with Crippen LogP contribution in [-0.2, 0) is 6.42 Å². The first-order chi connectivity index (χ1) is 6.35. The maximum atomic E-state index is 5.07. The SMILES string of the molecule is CCc1c[nH]c2ccc(OC)nc12. The van der Waals surface area contributed by atoms with Gasteiger partial charge in [-0.15, -0.1) is 0 Å². The number of hydrogen-bond acceptors (Lipinski definition) is 2. The molecule has 0 saturated heterocycles. The lowest BCUT2D eigenvalue weighted by Crippen LogP contribution is -1.87. The minimum absolute atomic E-state index is 0.668. The molecule has 0 atom stereocenters. The number of pyridine rings is 1. The van der Waals surface area contributed by atoms with E-state index in [1.54, 1.807) is 7.11 Å². The van der Waals surface area contributed by atoms with Crippen LogP contribution in [0.1, 0.15) is 12.5 Å². The van der Waals surface area contributed by atoms with E-state index in [-0.39, 0.29) is 0 Å². The van der Waals surface area contributed by atoms with Gasteiger partial charge in [0, 0.05) is 12.3 Å². The molecule has 0 amide bonds. The van der Waals surface area contributed by atoms with Gasteiger partial charge in [-0.05, 0) is 18.1 Å². The van der Waals surface area contributed by atoms with E-state index in [0.29, 0.717) is 5.88 Å². The fraction of sp³-hybridized carbons (Fsp3) is 0.300. The highest BCUT2D eigenvalue weighted by atomic mass is 16.5. The first kappa shape index (κ1) is 8.10. The lowest BCUT2D eigenvalue weighted by molar-refractivity contribution is 0.399. The summed E-state index contributed by atoms with van der Waals surface area (Å²) in [6, 6.07) is 3.85. The van der Waals surface area contributed by atoms with Crippen LogP contribution in [-0.4, -0.2) is 17.1 Å². The van der Waals surface area contributed by atoms with Gasteiger partial charge in [-0.25, -0.2) is 4.98 Å². The molecule has 0 radical (unpaired) electrons. The lowest BCUT2D eigenvalue weighted by Gasteiger charge is -1.98. The molecular weight excluding hydrogens is 164 g/mol. The van der Waals surface area contributed by atoms with Gasteiger partial charge in [-0.2, -0.15) is 0 Å². The van der Waals surface area contributed by atoms with Gasteiger partial charge in [0.1, 0.15) is 0 Å². The third-order valence-electron chi connectivity index (χ3n) is 2.17. The largest absolute Gasteiger partial charge is 0.481 e. The van der Waals surface area contributed by atoms with E-state index in [0.717, 1.165) is 17.5 Å². The Morgan fingerprint density at radius 2 is 2.31 bits per heavy atom. The highest BCUT2D eigenvalue weighted by Crippen LogP contribution is 2.19. The molecule has 2 aromatic heterocycles. The number of aromatic amines is 1. The number of rotatable bonds is 2. The van der Waals surface area contributed by atoms with Gasteiger partial charge < -0.3 is 9.72 Å². The van der Waals surface area contributed by atoms with Gasteiger partial charge in [0.15, 0.2) is 0 Å². The zero-order valence-electron chi connectivity index (χ0n) is 7.79. The van der Waals surface area contributed by atoms with Crippen molar-refractivity contribution in [2.45, 2.75) is 13.3 Å². The molecule has 0 aliphatic heterocycles. The van der Waals surface area contributed by atoms with Crippen molar-refractivity contribution in [3.63, 3.8) is 0 Å². The molecule has 0 saturated carbocycles. The van der Waals surface area contributed by atoms with Crippen LogP contribution in [0.3, 0.4) is 0 Å². The summed E-state index contributed by atoms with van der Waals surface area (Å²) in [7, 11) is 1.63. The molecule has 0 spiro atoms. The number of aryl methyl sites for hydroxylation is 1. The summed E-state index contributed by atoms with van der Waals surface area (Å²) in [6.45, 7) is 2.11. The molecule has 13 heavy (non-hydrogen) atoms. The number of nitrogens with one attached hydrogen (secondary N) is 1. The molecule has 3 heteroatoms. The van der Waals surface area contributed by atoms with Crippen LogP contribution in [0.15, 0.2) is 18.3 Å². The second-order valence-corrected chi connectivity index (χ2v) is 2.92. The second kappa shape index (κ2) is 3.09. The van der Waals surface area contributed by atoms with E-state index < -0.39 is 0 Å². The zero-order valence-corrected chi connectivity index (χ0v) is 7.79. The van der Waals surface area contributed by atoms with Gasteiger partial charge in [-0.1, -0.05) is 6.92 Å². The molecule has 2 aromatic rings. The van der Waals surface area contributed by atoms with Crippen molar-refractivity contribution in [3.8, 4) is 5.88 Å². The molecule has 1 N–H and O–H groups in total. The van der Waals surface area contributed by atoms with Crippen LogP contribution in [0, 0.1) is 0 Å². The monoisotopic (exact) mass is 176 g/mol. The average molecular weight is 176 g/mol. The van der Waals surface area contributed by atoms with Crippen LogP contribution >= 0.6 is 0 Å². The normalized spacial score (nSPS) is 10.6. The Morgan fingerprint density at radius 3 is 3.00 bits per heavy atom. The zero-order chi connectivity index (χ0) is 9.26. The molecule has 0 bridgehead atoms. The van der Waals surface area contributed by atoms with Gasteiger partial charge in [0.05, 0.1) is 18.1 Å². The molecular formula is C10H12N2O. The Hall–Kier alpha value is -1.51. The molecule has 0 unspecified atom stereocenters. The highest BCUT2D eigenvalue weighted by Gasteiger charge is 2.03. The van der Waals surface area contributed by atoms with E-state index in [4.69, 9.17) is 4.74 Å². The van der Waals surface area contributed by atoms with Crippen molar-refractivity contribution in [2.75, 3.05) is 7.11 Å². The summed E-state index contributed by atoms with van der Waals surface area (Å²) in [5.41, 5.74) is 3.31. The topological polar surface area (TPSA) is 37.9 Å². The summed E-state index contributed by atoms with van der Waals surface area (Å²) in [4.78, 5) is 7.54. The van der Waals surface area contributed by atoms with Crippen LogP contribution in [0.4, 0.5) is 0 Å². The maximum absolute atomic E-state index is 5.07. The second-order valence-electron chi connectivity index (χ2n) is 2.92. The molecule has 68 valence electrons. The van der Waals surface area contributed by atoms with Gasteiger partial charge in [0.25, 0.3) is 0 Å². The third-order valence-corrected chi connectivity index (χ3v) is 2.17. The minimum Gasteiger partial charge on any atom is -0.481 e. The first-order valence-electron chi connectivity index (χ1n) is 4.36. The maximum Gasteiger partial charge on any atom is 0.213 e. The molecule has 0 aromatic carbocycles. The minimum atomic E-state index is 0.668. The first-order valence-corrected chi connectivity index (χ1v) is 4.36. The van der Waals surface area contributed by atoms with Crippen molar-refractivity contribution in [3.05, 3.63) is 23.9 Å². The van der Waals surface area contributed by atoms with E-state index in [1.807, 2.05) is 18.3 Å². The summed E-state index contributed by atoms with van der Waals surface area (Å²) in [5.74, 6) is 0.668. The Kier molecular flexibility index (Phi) is 1.93. The summed E-state index contributed by atoms with van der Waals surface area (Å²) in [5, 5.41) is 0. The van der Waals surface area contributed by atoms with Crippen molar-refractivity contribution in [2.24, 2.45) is 0 Å². The van der Waals surface area contributed by atoms with Crippen LogP contribution in [0.5, 0.6) is 5.88 Å². The summed E-state index contributed by atoms with van der Waals surface area (Å²) < 4.78 is 5.07. The molecule has 0 aliphatic carbocycles. The number of ether oxygens (including phenoxy) is 1. The molecule has 0 fully saturated rings. The third kappa shape index (κ3) is 1.26. The van der Waals surface area contributed by atoms with Gasteiger partial charge >= 0.3 is 0 Å². The average Bonchev–Trinajstić information content (AvgIpc) is 2.59. The molecule has 2 heterocycles. The van der Waals surface area contributed by atoms with E-state index in [9.17, 15) is 0 Å². The van der Waals surface area contributed by atoms with Crippen LogP contribution < -0.4 is 4.74 Å². The molecule has 2 rings (SSSR count). The lowest BCUT2D eigenvalue weighted by atomic mass is 10.2. The number of methoxy groups -OCH3 is 1. The predicted molar refractivity (Wildman–Crippen MR) is 52.0 cm³/mol. The quantitative estimate of drug-likeness (QED) is 0.761. The van der Waals surface area contributed by atoms with Crippen LogP contribution in [0.2, 0.25) is 0 Å². The van der Waals surface area contributed by atoms with Crippen molar-refractivity contribution in [1.29, 1.82) is 0 Å². The van der Waals surface area contributed by atoms with Crippen molar-refractivity contribution < 1.29 is 4.74 Å². The van der Waals surface area contributed by atoms with E-state index >= 15 is 0 Å². The summed E-state index contributed by atoms with van der Waals surface area (Å²) in [6.07, 6.45) is 2.98. The highest BCUT2D eigenvalue weighted by molar-refractivity contribution is 5.79. The van der Waals surface area contributed by atoms with E-state index in [2.05, 4.69) is 16.9 Å². The fourth-order valence-electron chi connectivity index (χ4n) is 1.42. The molecule has 3 nitrogen and oxygen atoms in total. The Morgan fingerprint density at radius 1 is 1.46 bits per heavy atom. The number of fused-ring (bicyclic) bond motifs is 1. The Balaban J connectivity index is 2.64. The van der Waals surface area contributed by atoms with Gasteiger partial charge in [-0.3, -0.25) is 0 Å². The summed E-state index contributed by atoms with van der Waals surface area (Å²) >= 11 is 0. The number of aromatic nitrogens is 2. The van der Waals surface area contributed by atoms with E-state index in [1.165, 1.54) is 5.56 Å². The number of H-pyrrole nitrogens is 1. The Bertz CT molecular complexity index is 420. The van der Waals surface area contributed by atoms with Crippen molar-refractivity contribution >= 4 is 11.0 Å². The predicted octanol–water partition coefficient (Wildman–Crippen LogP) is 2.13. The smallest absolute Gasteiger partial charge is 0.213 e. The number of nitrogens with zero attached hydrogens (tertiary/aromatic N) is 1. The molecule has 0 aliphatic rings. The van der Waals surface area contributed by atoms with Crippen molar-refractivity contribution in [1.82, 2.24) is 9.97 Å². The number of hydrogen-bond donors (Lipinski definition) is 1. The van der Waals surface area contributed by atoms with Crippen LogP contribution in [0.25, 0.3) is 11.0 Å².